The van der Waals surface area contributed by atoms with Crippen molar-refractivity contribution in [2.45, 2.75) is 12.8 Å². The number of amides is 2. The largest absolute Gasteiger partial charge is 0.338 e. The molecule has 0 spiro atoms. The van der Waals surface area contributed by atoms with E-state index in [1.54, 1.807) is 59.5 Å². The number of nitrogens with one attached hydrogen (secondary N) is 1. The van der Waals surface area contributed by atoms with Gasteiger partial charge in [-0.3, -0.25) is 9.59 Å². The van der Waals surface area contributed by atoms with Gasteiger partial charge in [-0.15, -0.1) is 0 Å². The van der Waals surface area contributed by atoms with Crippen molar-refractivity contribution in [3.63, 3.8) is 0 Å². The fraction of sp³-hybridized carbons (Fsp3) is 0.190. The molecule has 0 atom stereocenters. The van der Waals surface area contributed by atoms with Crippen LogP contribution in [-0.2, 0) is 4.79 Å². The molecule has 3 rings (SSSR count). The zero-order valence-corrected chi connectivity index (χ0v) is 15.4. The fourth-order valence-electron chi connectivity index (χ4n) is 2.91. The molecule has 0 unspecified atom stereocenters. The van der Waals surface area contributed by atoms with Crippen molar-refractivity contribution >= 4 is 35.2 Å². The molecular weight excluding hydrogens is 362 g/mol. The lowest BCUT2D eigenvalue weighted by Gasteiger charge is -2.14. The Kier molecular flexibility index (Phi) is 5.90. The monoisotopic (exact) mass is 379 g/mol. The molecule has 0 bridgehead atoms. The van der Waals surface area contributed by atoms with Crippen LogP contribution >= 0.6 is 11.6 Å². The lowest BCUT2D eigenvalue weighted by molar-refractivity contribution is -0.125. The van der Waals surface area contributed by atoms with Crippen LogP contribution in [0.15, 0.2) is 54.1 Å². The molecule has 1 saturated heterocycles. The summed E-state index contributed by atoms with van der Waals surface area (Å²) in [5.74, 6) is -0.507. The van der Waals surface area contributed by atoms with Crippen LogP contribution in [0.5, 0.6) is 0 Å². The van der Waals surface area contributed by atoms with E-state index in [-0.39, 0.29) is 17.4 Å². The Balaban J connectivity index is 1.76. The van der Waals surface area contributed by atoms with Crippen molar-refractivity contribution < 1.29 is 9.59 Å². The first-order valence-corrected chi connectivity index (χ1v) is 9.02. The zero-order chi connectivity index (χ0) is 19.2. The zero-order valence-electron chi connectivity index (χ0n) is 14.6. The molecule has 1 aliphatic heterocycles. The predicted octanol–water partition coefficient (Wildman–Crippen LogP) is 4.12. The highest BCUT2D eigenvalue weighted by Crippen LogP contribution is 2.18. The number of hydrogen-bond donors (Lipinski definition) is 1. The van der Waals surface area contributed by atoms with Gasteiger partial charge in [-0.1, -0.05) is 23.7 Å². The van der Waals surface area contributed by atoms with Crippen LogP contribution in [0.4, 0.5) is 5.69 Å². The quantitative estimate of drug-likeness (QED) is 0.641. The summed E-state index contributed by atoms with van der Waals surface area (Å²) < 4.78 is 0. The van der Waals surface area contributed by atoms with E-state index >= 15 is 0 Å². The Labute approximate surface area is 162 Å². The minimum absolute atomic E-state index is 0.0954. The predicted molar refractivity (Wildman–Crippen MR) is 105 cm³/mol. The maximum absolute atomic E-state index is 12.4. The number of halogens is 1. The number of nitriles is 1. The van der Waals surface area contributed by atoms with E-state index in [0.29, 0.717) is 34.9 Å². The SMILES string of the molecule is N#C/C(=C\c1cccc(NC(=O)c2ccc(Cl)cc2)c1)C(=O)N1CCCC1. The summed E-state index contributed by atoms with van der Waals surface area (Å²) in [6.07, 6.45) is 3.49. The fourth-order valence-corrected chi connectivity index (χ4v) is 3.04. The van der Waals surface area contributed by atoms with E-state index in [0.717, 1.165) is 12.8 Å². The summed E-state index contributed by atoms with van der Waals surface area (Å²) in [4.78, 5) is 26.4. The topological polar surface area (TPSA) is 73.2 Å². The number of carbonyl (C=O) groups excluding carboxylic acids is 2. The van der Waals surface area contributed by atoms with Gasteiger partial charge in [-0.2, -0.15) is 5.26 Å². The molecular formula is C21H18ClN3O2. The summed E-state index contributed by atoms with van der Waals surface area (Å²) in [5, 5.41) is 12.7. The van der Waals surface area contributed by atoms with Crippen molar-refractivity contribution in [3.05, 3.63) is 70.3 Å². The van der Waals surface area contributed by atoms with Crippen LogP contribution in [0.25, 0.3) is 6.08 Å². The Hall–Kier alpha value is -3.10. The van der Waals surface area contributed by atoms with E-state index in [9.17, 15) is 14.9 Å². The lowest BCUT2D eigenvalue weighted by atomic mass is 10.1. The van der Waals surface area contributed by atoms with Gasteiger partial charge in [-0.25, -0.2) is 0 Å². The normalized spacial score (nSPS) is 13.9. The minimum Gasteiger partial charge on any atom is -0.338 e. The highest BCUT2D eigenvalue weighted by atomic mass is 35.5. The van der Waals surface area contributed by atoms with Gasteiger partial charge in [0.2, 0.25) is 0 Å². The second kappa shape index (κ2) is 8.52. The van der Waals surface area contributed by atoms with Crippen molar-refractivity contribution in [2.75, 3.05) is 18.4 Å². The number of rotatable bonds is 4. The molecule has 0 radical (unpaired) electrons. The first kappa shape index (κ1) is 18.7. The van der Waals surface area contributed by atoms with Crippen molar-refractivity contribution in [1.82, 2.24) is 4.90 Å². The Bertz CT molecular complexity index is 923. The molecule has 2 amide bonds. The van der Waals surface area contributed by atoms with E-state index in [1.165, 1.54) is 0 Å². The molecule has 0 aliphatic carbocycles. The van der Waals surface area contributed by atoms with E-state index in [2.05, 4.69) is 5.32 Å². The maximum Gasteiger partial charge on any atom is 0.264 e. The highest BCUT2D eigenvalue weighted by Gasteiger charge is 2.21. The molecule has 0 aromatic heterocycles. The van der Waals surface area contributed by atoms with E-state index in [4.69, 9.17) is 11.6 Å². The lowest BCUT2D eigenvalue weighted by Crippen LogP contribution is -2.28. The number of anilines is 1. The molecule has 1 aliphatic rings. The van der Waals surface area contributed by atoms with Gasteiger partial charge in [0.05, 0.1) is 0 Å². The molecule has 27 heavy (non-hydrogen) atoms. The molecule has 1 N–H and O–H groups in total. The van der Waals surface area contributed by atoms with E-state index < -0.39 is 0 Å². The van der Waals surface area contributed by atoms with Gasteiger partial charge in [0.1, 0.15) is 11.6 Å². The van der Waals surface area contributed by atoms with Crippen LogP contribution < -0.4 is 5.32 Å². The smallest absolute Gasteiger partial charge is 0.264 e. The van der Waals surface area contributed by atoms with Crippen LogP contribution in [0.2, 0.25) is 5.02 Å². The molecule has 2 aromatic rings. The number of likely N-dealkylation sites (tertiary alicyclic amines) is 1. The summed E-state index contributed by atoms with van der Waals surface area (Å²) in [7, 11) is 0. The van der Waals surface area contributed by atoms with Gasteiger partial charge < -0.3 is 10.2 Å². The van der Waals surface area contributed by atoms with Gasteiger partial charge >= 0.3 is 0 Å². The number of nitrogens with zero attached hydrogens (tertiary/aromatic N) is 2. The van der Waals surface area contributed by atoms with Crippen molar-refractivity contribution in [2.24, 2.45) is 0 Å². The van der Waals surface area contributed by atoms with Crippen molar-refractivity contribution in [3.8, 4) is 6.07 Å². The second-order valence-electron chi connectivity index (χ2n) is 6.26. The Morgan fingerprint density at radius 3 is 2.48 bits per heavy atom. The molecule has 5 nitrogen and oxygen atoms in total. The van der Waals surface area contributed by atoms with Gasteiger partial charge in [0.25, 0.3) is 11.8 Å². The minimum atomic E-state index is -0.263. The third-order valence-corrected chi connectivity index (χ3v) is 4.56. The number of carbonyl (C=O) groups is 2. The Morgan fingerprint density at radius 1 is 1.11 bits per heavy atom. The van der Waals surface area contributed by atoms with Crippen LogP contribution in [0.3, 0.4) is 0 Å². The molecule has 1 fully saturated rings. The van der Waals surface area contributed by atoms with Crippen LogP contribution in [0.1, 0.15) is 28.8 Å². The van der Waals surface area contributed by atoms with Gasteiger partial charge in [0, 0.05) is 29.4 Å². The van der Waals surface area contributed by atoms with E-state index in [1.807, 2.05) is 6.07 Å². The summed E-state index contributed by atoms with van der Waals surface area (Å²) in [6, 6.07) is 15.6. The number of hydrogen-bond acceptors (Lipinski definition) is 3. The summed E-state index contributed by atoms with van der Waals surface area (Å²) in [6.45, 7) is 1.38. The number of benzene rings is 2. The van der Waals surface area contributed by atoms with Crippen molar-refractivity contribution in [1.29, 1.82) is 5.26 Å². The molecule has 0 saturated carbocycles. The highest BCUT2D eigenvalue weighted by molar-refractivity contribution is 6.30. The average Bonchev–Trinajstić information content (AvgIpc) is 3.21. The third kappa shape index (κ3) is 4.75. The Morgan fingerprint density at radius 2 is 1.81 bits per heavy atom. The van der Waals surface area contributed by atoms with Crippen LogP contribution in [-0.4, -0.2) is 29.8 Å². The molecule has 1 heterocycles. The molecule has 136 valence electrons. The summed E-state index contributed by atoms with van der Waals surface area (Å²) >= 11 is 5.84. The summed E-state index contributed by atoms with van der Waals surface area (Å²) in [5.41, 5.74) is 1.84. The molecule has 6 heteroatoms. The van der Waals surface area contributed by atoms with Gasteiger partial charge in [-0.05, 0) is 60.9 Å². The molecule has 2 aromatic carbocycles. The standard InChI is InChI=1S/C21H18ClN3O2/c22-18-8-6-16(7-9-18)20(26)24-19-5-3-4-15(13-19)12-17(14-23)21(27)25-10-1-2-11-25/h3-9,12-13H,1-2,10-11H2,(H,24,26)/b17-12+. The van der Waals surface area contributed by atoms with Crippen LogP contribution in [0, 0.1) is 11.3 Å². The first-order valence-electron chi connectivity index (χ1n) is 8.65. The average molecular weight is 380 g/mol. The maximum atomic E-state index is 12.4. The van der Waals surface area contributed by atoms with Gasteiger partial charge in [0.15, 0.2) is 0 Å². The second-order valence-corrected chi connectivity index (χ2v) is 6.69. The third-order valence-electron chi connectivity index (χ3n) is 4.31. The first-order chi connectivity index (χ1) is 13.1.